The fraction of sp³-hybridized carbons (Fsp3) is 0.417. The quantitative estimate of drug-likeness (QED) is 0.325. The number of amidine groups is 1. The van der Waals surface area contributed by atoms with Crippen molar-refractivity contribution in [1.29, 1.82) is 0 Å². The molecule has 1 unspecified atom stereocenters. The van der Waals surface area contributed by atoms with Gasteiger partial charge in [-0.05, 0) is 44.7 Å². The number of carboxylic acid groups (broad SMARTS) is 1. The number of carboxylic acids is 1. The summed E-state index contributed by atoms with van der Waals surface area (Å²) in [6.45, 7) is 7.86. The number of terminal acetylenes is 1. The van der Waals surface area contributed by atoms with Gasteiger partial charge in [-0.25, -0.2) is 4.99 Å². The molecule has 4 N–H and O–H groups in total. The zero-order valence-electron chi connectivity index (χ0n) is 18.5. The molecule has 8 heteroatoms. The van der Waals surface area contributed by atoms with Crippen molar-refractivity contribution in [2.24, 2.45) is 22.1 Å². The molecule has 1 aliphatic heterocycles. The van der Waals surface area contributed by atoms with Gasteiger partial charge < -0.3 is 21.1 Å². The number of likely N-dealkylation sites (tertiary alicyclic amines) is 1. The van der Waals surface area contributed by atoms with E-state index < -0.39 is 23.3 Å². The van der Waals surface area contributed by atoms with Crippen LogP contribution in [0.5, 0.6) is 0 Å². The lowest BCUT2D eigenvalue weighted by molar-refractivity contribution is -0.143. The van der Waals surface area contributed by atoms with Crippen molar-refractivity contribution in [1.82, 2.24) is 10.2 Å². The Hall–Kier alpha value is -3.60. The first-order valence-electron chi connectivity index (χ1n) is 10.4. The summed E-state index contributed by atoms with van der Waals surface area (Å²) >= 11 is 0. The van der Waals surface area contributed by atoms with E-state index in [1.165, 1.54) is 6.20 Å². The fourth-order valence-corrected chi connectivity index (χ4v) is 3.73. The molecule has 0 aliphatic carbocycles. The minimum Gasteiger partial charge on any atom is -0.481 e. The molecule has 0 saturated carbocycles. The number of piperidine rings is 1. The molecule has 1 atom stereocenters. The predicted octanol–water partition coefficient (Wildman–Crippen LogP) is 2.01. The van der Waals surface area contributed by atoms with E-state index in [2.05, 4.69) is 22.8 Å². The molecule has 0 aromatic heterocycles. The summed E-state index contributed by atoms with van der Waals surface area (Å²) in [6.07, 6.45) is 8.39. The highest BCUT2D eigenvalue weighted by atomic mass is 16.4. The van der Waals surface area contributed by atoms with E-state index in [4.69, 9.17) is 17.3 Å². The number of benzene rings is 1. The van der Waals surface area contributed by atoms with Gasteiger partial charge in [0, 0.05) is 36.8 Å². The van der Waals surface area contributed by atoms with Gasteiger partial charge in [0.1, 0.15) is 11.9 Å². The molecule has 2 amide bonds. The Balaban J connectivity index is 2.05. The summed E-state index contributed by atoms with van der Waals surface area (Å²) in [6, 6.07) is 5.71. The van der Waals surface area contributed by atoms with E-state index in [9.17, 15) is 14.4 Å². The van der Waals surface area contributed by atoms with Crippen LogP contribution in [0.2, 0.25) is 0 Å². The molecule has 1 aliphatic rings. The lowest BCUT2D eigenvalue weighted by Crippen LogP contribution is -2.54. The van der Waals surface area contributed by atoms with Gasteiger partial charge in [0.05, 0.1) is 5.41 Å². The largest absolute Gasteiger partial charge is 0.481 e. The van der Waals surface area contributed by atoms with Crippen LogP contribution in [0.25, 0.3) is 0 Å². The van der Waals surface area contributed by atoms with Crippen molar-refractivity contribution < 1.29 is 19.5 Å². The van der Waals surface area contributed by atoms with Crippen LogP contribution in [0.3, 0.4) is 0 Å². The maximum Gasteiger partial charge on any atom is 0.303 e. The molecule has 0 bridgehead atoms. The van der Waals surface area contributed by atoms with Crippen LogP contribution >= 0.6 is 0 Å². The summed E-state index contributed by atoms with van der Waals surface area (Å²) in [7, 11) is 0. The van der Waals surface area contributed by atoms with Gasteiger partial charge in [0.25, 0.3) is 5.91 Å². The summed E-state index contributed by atoms with van der Waals surface area (Å²) in [5.41, 5.74) is 5.79. The molecular weight excluding hydrogens is 408 g/mol. The summed E-state index contributed by atoms with van der Waals surface area (Å²) in [5, 5.41) is 11.7. The Labute approximate surface area is 188 Å². The van der Waals surface area contributed by atoms with Crippen LogP contribution in [0.15, 0.2) is 42.0 Å². The lowest BCUT2D eigenvalue weighted by Gasteiger charge is -2.39. The zero-order valence-corrected chi connectivity index (χ0v) is 18.5. The Morgan fingerprint density at radius 1 is 1.31 bits per heavy atom. The van der Waals surface area contributed by atoms with Crippen molar-refractivity contribution in [3.8, 4) is 12.3 Å². The molecule has 1 saturated heterocycles. The Morgan fingerprint density at radius 2 is 1.88 bits per heavy atom. The minimum atomic E-state index is -1.04. The fourth-order valence-electron chi connectivity index (χ4n) is 3.73. The molecule has 0 radical (unpaired) electrons. The third-order valence-electron chi connectivity index (χ3n) is 5.75. The molecule has 1 fully saturated rings. The first-order valence-corrected chi connectivity index (χ1v) is 10.4. The second kappa shape index (κ2) is 10.6. The van der Waals surface area contributed by atoms with Crippen LogP contribution in [-0.4, -0.2) is 52.8 Å². The number of amides is 2. The predicted molar refractivity (Wildman–Crippen MR) is 123 cm³/mol. The maximum absolute atomic E-state index is 13.2. The molecule has 170 valence electrons. The van der Waals surface area contributed by atoms with Crippen LogP contribution in [0.4, 0.5) is 0 Å². The Bertz CT molecular complexity index is 936. The highest BCUT2D eigenvalue weighted by Gasteiger charge is 2.40. The van der Waals surface area contributed by atoms with E-state index in [0.717, 1.165) is 0 Å². The Kier molecular flexibility index (Phi) is 8.19. The van der Waals surface area contributed by atoms with Crippen molar-refractivity contribution >= 4 is 23.6 Å². The first kappa shape index (κ1) is 24.7. The standard InChI is InChI=1S/C24H30N4O4/c1-5-19(27-22(31)18-9-7-17(8-10-18)21(25)26-6-2)24(3,4)23(32)28-13-11-16(12-14-28)15-20(29)30/h1,6-10,16,19H,2,11-15H2,3-4H3,(H2,25,26)(H,27,31)(H,29,30). The number of hydrogen-bond donors (Lipinski definition) is 3. The molecule has 1 aromatic carbocycles. The normalized spacial score (nSPS) is 16.0. The minimum absolute atomic E-state index is 0.0660. The molecule has 0 spiro atoms. The smallest absolute Gasteiger partial charge is 0.303 e. The van der Waals surface area contributed by atoms with Crippen LogP contribution in [-0.2, 0) is 9.59 Å². The number of nitrogens with two attached hydrogens (primary N) is 1. The highest BCUT2D eigenvalue weighted by molar-refractivity contribution is 6.00. The van der Waals surface area contributed by atoms with E-state index in [0.29, 0.717) is 37.1 Å². The van der Waals surface area contributed by atoms with E-state index in [1.807, 2.05) is 0 Å². The molecule has 1 heterocycles. The number of rotatable bonds is 8. The second-order valence-electron chi connectivity index (χ2n) is 8.40. The van der Waals surface area contributed by atoms with E-state index in [-0.39, 0.29) is 24.1 Å². The van der Waals surface area contributed by atoms with Gasteiger partial charge in [-0.15, -0.1) is 6.42 Å². The Morgan fingerprint density at radius 3 is 2.38 bits per heavy atom. The summed E-state index contributed by atoms with van der Waals surface area (Å²) in [5.74, 6) is 1.49. The van der Waals surface area contributed by atoms with Crippen LogP contribution in [0, 0.1) is 23.7 Å². The van der Waals surface area contributed by atoms with Gasteiger partial charge in [0.15, 0.2) is 0 Å². The van der Waals surface area contributed by atoms with Crippen LogP contribution < -0.4 is 11.1 Å². The van der Waals surface area contributed by atoms with Gasteiger partial charge >= 0.3 is 5.97 Å². The number of carbonyl (C=O) groups is 3. The molecule has 1 aromatic rings. The number of aliphatic carboxylic acids is 1. The SMILES string of the molecule is C#CC(NC(=O)c1ccc(C(N)=NC=C)cc1)C(C)(C)C(=O)N1CCC(CC(=O)O)CC1. The van der Waals surface area contributed by atoms with Crippen molar-refractivity contribution in [2.45, 2.75) is 39.2 Å². The third kappa shape index (κ3) is 5.97. The van der Waals surface area contributed by atoms with Crippen LogP contribution in [0.1, 0.15) is 49.0 Å². The lowest BCUT2D eigenvalue weighted by atomic mass is 9.81. The molecule has 32 heavy (non-hydrogen) atoms. The van der Waals surface area contributed by atoms with Crippen molar-refractivity contribution in [3.63, 3.8) is 0 Å². The highest BCUT2D eigenvalue weighted by Crippen LogP contribution is 2.28. The van der Waals surface area contributed by atoms with E-state index >= 15 is 0 Å². The zero-order chi connectivity index (χ0) is 23.9. The number of carbonyl (C=O) groups excluding carboxylic acids is 2. The third-order valence-corrected chi connectivity index (χ3v) is 5.75. The topological polar surface area (TPSA) is 125 Å². The first-order chi connectivity index (χ1) is 15.1. The average Bonchev–Trinajstić information content (AvgIpc) is 2.77. The van der Waals surface area contributed by atoms with Gasteiger partial charge in [-0.2, -0.15) is 0 Å². The molecular formula is C24H30N4O4. The molecule has 2 rings (SSSR count). The monoisotopic (exact) mass is 438 g/mol. The van der Waals surface area contributed by atoms with Gasteiger partial charge in [-0.3, -0.25) is 14.4 Å². The summed E-state index contributed by atoms with van der Waals surface area (Å²) in [4.78, 5) is 42.4. The average molecular weight is 439 g/mol. The van der Waals surface area contributed by atoms with Crippen molar-refractivity contribution in [3.05, 3.63) is 48.2 Å². The van der Waals surface area contributed by atoms with Gasteiger partial charge in [-0.1, -0.05) is 24.6 Å². The number of nitrogens with zero attached hydrogens (tertiary/aromatic N) is 2. The van der Waals surface area contributed by atoms with E-state index in [1.54, 1.807) is 43.0 Å². The van der Waals surface area contributed by atoms with Crippen molar-refractivity contribution in [2.75, 3.05) is 13.1 Å². The summed E-state index contributed by atoms with van der Waals surface area (Å²) < 4.78 is 0. The maximum atomic E-state index is 13.2. The number of hydrogen-bond acceptors (Lipinski definition) is 4. The number of aliphatic imine (C=N–C) groups is 1. The second-order valence-corrected chi connectivity index (χ2v) is 8.40. The van der Waals surface area contributed by atoms with Gasteiger partial charge in [0.2, 0.25) is 5.91 Å². The number of nitrogens with one attached hydrogen (secondary N) is 1. The molecule has 8 nitrogen and oxygen atoms in total.